The van der Waals surface area contributed by atoms with Gasteiger partial charge < -0.3 is 9.32 Å². The van der Waals surface area contributed by atoms with Crippen molar-refractivity contribution in [1.82, 2.24) is 4.90 Å². The lowest BCUT2D eigenvalue weighted by Crippen LogP contribution is -2.32. The highest BCUT2D eigenvalue weighted by atomic mass is 16.6. The molecular weight excluding hydrogens is 308 g/mol. The molecule has 1 aromatic heterocycles. The fraction of sp³-hybridized carbons (Fsp3) is 0.389. The van der Waals surface area contributed by atoms with E-state index in [0.29, 0.717) is 12.5 Å². The summed E-state index contributed by atoms with van der Waals surface area (Å²) < 4.78 is 5.06. The van der Waals surface area contributed by atoms with Gasteiger partial charge in [-0.1, -0.05) is 38.1 Å². The highest BCUT2D eigenvalue weighted by molar-refractivity contribution is 5.92. The summed E-state index contributed by atoms with van der Waals surface area (Å²) in [4.78, 5) is 24.5. The number of benzene rings is 1. The molecule has 1 aromatic carbocycles. The third-order valence-electron chi connectivity index (χ3n) is 4.23. The lowest BCUT2D eigenvalue weighted by Gasteiger charge is -2.21. The van der Waals surface area contributed by atoms with Gasteiger partial charge in [-0.25, -0.2) is 0 Å². The molecule has 0 N–H and O–H groups in total. The average molecular weight is 328 g/mol. The summed E-state index contributed by atoms with van der Waals surface area (Å²) in [5, 5.41) is 10.7. The van der Waals surface area contributed by atoms with Crippen LogP contribution >= 0.6 is 0 Å². The topological polar surface area (TPSA) is 76.6 Å². The van der Waals surface area contributed by atoms with E-state index in [2.05, 4.69) is 26.0 Å². The number of carbonyl (C=O) groups excluding carboxylic acids is 1. The van der Waals surface area contributed by atoms with Gasteiger partial charge in [0.05, 0.1) is 6.07 Å². The summed E-state index contributed by atoms with van der Waals surface area (Å²) in [6, 6.07) is 11.0. The van der Waals surface area contributed by atoms with E-state index in [9.17, 15) is 14.9 Å². The van der Waals surface area contributed by atoms with Gasteiger partial charge in [0.15, 0.2) is 5.76 Å². The van der Waals surface area contributed by atoms with Gasteiger partial charge >= 0.3 is 5.88 Å². The van der Waals surface area contributed by atoms with Crippen molar-refractivity contribution in [2.75, 3.05) is 0 Å². The highest BCUT2D eigenvalue weighted by Crippen LogP contribution is 2.31. The second-order valence-corrected chi connectivity index (χ2v) is 6.46. The van der Waals surface area contributed by atoms with E-state index in [-0.39, 0.29) is 17.7 Å². The molecule has 1 aliphatic carbocycles. The first kappa shape index (κ1) is 16.2. The van der Waals surface area contributed by atoms with Gasteiger partial charge in [0.25, 0.3) is 5.91 Å². The Morgan fingerprint density at radius 1 is 1.25 bits per heavy atom. The molecule has 2 aromatic rings. The molecular formula is C18H20N2O4. The molecule has 126 valence electrons. The first-order chi connectivity index (χ1) is 11.5. The Labute approximate surface area is 140 Å². The maximum Gasteiger partial charge on any atom is 0.433 e. The largest absolute Gasteiger partial charge is 0.433 e. The Hall–Kier alpha value is -2.63. The summed E-state index contributed by atoms with van der Waals surface area (Å²) in [7, 11) is 0. The molecule has 1 amide bonds. The summed E-state index contributed by atoms with van der Waals surface area (Å²) >= 11 is 0. The minimum absolute atomic E-state index is 0.0207. The third-order valence-corrected chi connectivity index (χ3v) is 4.23. The van der Waals surface area contributed by atoms with Crippen LogP contribution in [0.15, 0.2) is 40.8 Å². The molecule has 0 unspecified atom stereocenters. The number of nitro groups is 1. The Morgan fingerprint density at radius 2 is 1.92 bits per heavy atom. The van der Waals surface area contributed by atoms with Crippen molar-refractivity contribution in [2.24, 2.45) is 0 Å². The standard InChI is InChI=1S/C18H20N2O4/c1-12(2)14-5-3-13(4-6-14)11-19(15-7-8-15)18(21)16-9-10-17(24-16)20(22)23/h3-6,9-10,12,15H,7-8,11H2,1-2H3. The second kappa shape index (κ2) is 6.47. The fourth-order valence-corrected chi connectivity index (χ4v) is 2.64. The molecule has 6 nitrogen and oxygen atoms in total. The lowest BCUT2D eigenvalue weighted by atomic mass is 10.0. The van der Waals surface area contributed by atoms with Crippen LogP contribution < -0.4 is 0 Å². The molecule has 0 bridgehead atoms. The minimum atomic E-state index is -0.636. The van der Waals surface area contributed by atoms with Crippen LogP contribution in [0.1, 0.15) is 54.3 Å². The maximum absolute atomic E-state index is 12.7. The van der Waals surface area contributed by atoms with Gasteiger partial charge in [-0.3, -0.25) is 14.9 Å². The van der Waals surface area contributed by atoms with Gasteiger partial charge in [0.2, 0.25) is 0 Å². The van der Waals surface area contributed by atoms with Crippen LogP contribution in [0.4, 0.5) is 5.88 Å². The molecule has 1 saturated carbocycles. The Balaban J connectivity index is 1.76. The minimum Gasteiger partial charge on any atom is -0.395 e. The number of hydrogen-bond donors (Lipinski definition) is 0. The number of furan rings is 1. The summed E-state index contributed by atoms with van der Waals surface area (Å²) in [6.45, 7) is 4.76. The quantitative estimate of drug-likeness (QED) is 0.590. The number of amides is 1. The van der Waals surface area contributed by atoms with E-state index < -0.39 is 10.8 Å². The van der Waals surface area contributed by atoms with E-state index in [4.69, 9.17) is 4.42 Å². The van der Waals surface area contributed by atoms with E-state index in [1.165, 1.54) is 17.7 Å². The predicted octanol–water partition coefficient (Wildman–Crippen LogP) is 4.12. The summed E-state index contributed by atoms with van der Waals surface area (Å²) in [6.07, 6.45) is 1.91. The SMILES string of the molecule is CC(C)c1ccc(CN(C(=O)c2ccc([N+](=O)[O-])o2)C2CC2)cc1. The predicted molar refractivity (Wildman–Crippen MR) is 88.8 cm³/mol. The third kappa shape index (κ3) is 3.48. The molecule has 1 fully saturated rings. The van der Waals surface area contributed by atoms with Crippen LogP contribution in [0.25, 0.3) is 0 Å². The normalized spacial score (nSPS) is 14.0. The molecule has 1 heterocycles. The number of carbonyl (C=O) groups is 1. The molecule has 0 spiro atoms. The highest BCUT2D eigenvalue weighted by Gasteiger charge is 2.34. The van der Waals surface area contributed by atoms with Gasteiger partial charge in [-0.2, -0.15) is 0 Å². The summed E-state index contributed by atoms with van der Waals surface area (Å²) in [5.41, 5.74) is 2.30. The number of rotatable bonds is 6. The zero-order valence-electron chi connectivity index (χ0n) is 13.8. The van der Waals surface area contributed by atoms with Gasteiger partial charge in [0.1, 0.15) is 4.92 Å². The smallest absolute Gasteiger partial charge is 0.395 e. The Kier molecular flexibility index (Phi) is 4.38. The van der Waals surface area contributed by atoms with Crippen molar-refractivity contribution >= 4 is 11.8 Å². The Bertz CT molecular complexity index is 745. The van der Waals surface area contributed by atoms with Gasteiger partial charge in [0, 0.05) is 12.6 Å². The van der Waals surface area contributed by atoms with Gasteiger partial charge in [-0.15, -0.1) is 0 Å². The van der Waals surface area contributed by atoms with Crippen molar-refractivity contribution in [2.45, 2.75) is 45.2 Å². The molecule has 3 rings (SSSR count). The van der Waals surface area contributed by atoms with Crippen LogP contribution in [0.5, 0.6) is 0 Å². The van der Waals surface area contributed by atoms with Crippen LogP contribution in [-0.4, -0.2) is 21.8 Å². The van der Waals surface area contributed by atoms with E-state index >= 15 is 0 Å². The van der Waals surface area contributed by atoms with Gasteiger partial charge in [-0.05, 0) is 36.0 Å². The average Bonchev–Trinajstić information content (AvgIpc) is 3.27. The van der Waals surface area contributed by atoms with Crippen LogP contribution in [0.2, 0.25) is 0 Å². The van der Waals surface area contributed by atoms with Crippen molar-refractivity contribution < 1.29 is 14.1 Å². The summed E-state index contributed by atoms with van der Waals surface area (Å²) in [5.74, 6) is -0.217. The molecule has 0 radical (unpaired) electrons. The lowest BCUT2D eigenvalue weighted by molar-refractivity contribution is -0.402. The monoisotopic (exact) mass is 328 g/mol. The molecule has 0 aliphatic heterocycles. The van der Waals surface area contributed by atoms with Crippen LogP contribution in [0, 0.1) is 10.1 Å². The van der Waals surface area contributed by atoms with Crippen LogP contribution in [-0.2, 0) is 6.54 Å². The number of nitrogens with zero attached hydrogens (tertiary/aromatic N) is 2. The van der Waals surface area contributed by atoms with Crippen molar-refractivity contribution in [3.05, 3.63) is 63.4 Å². The first-order valence-electron chi connectivity index (χ1n) is 8.09. The van der Waals surface area contributed by atoms with Crippen molar-refractivity contribution in [1.29, 1.82) is 0 Å². The maximum atomic E-state index is 12.7. The van der Waals surface area contributed by atoms with Crippen molar-refractivity contribution in [3.8, 4) is 0 Å². The first-order valence-corrected chi connectivity index (χ1v) is 8.09. The molecule has 6 heteroatoms. The molecule has 0 atom stereocenters. The van der Waals surface area contributed by atoms with Crippen molar-refractivity contribution in [3.63, 3.8) is 0 Å². The molecule has 0 saturated heterocycles. The second-order valence-electron chi connectivity index (χ2n) is 6.46. The fourth-order valence-electron chi connectivity index (χ4n) is 2.64. The van der Waals surface area contributed by atoms with Crippen LogP contribution in [0.3, 0.4) is 0 Å². The zero-order chi connectivity index (χ0) is 17.3. The molecule has 24 heavy (non-hydrogen) atoms. The van der Waals surface area contributed by atoms with E-state index in [1.807, 2.05) is 12.1 Å². The Morgan fingerprint density at radius 3 is 2.42 bits per heavy atom. The zero-order valence-corrected chi connectivity index (χ0v) is 13.8. The number of hydrogen-bond acceptors (Lipinski definition) is 4. The van der Waals surface area contributed by atoms with E-state index in [1.54, 1.807) is 4.90 Å². The molecule has 1 aliphatic rings. The van der Waals surface area contributed by atoms with E-state index in [0.717, 1.165) is 18.4 Å².